The van der Waals surface area contributed by atoms with Gasteiger partial charge in [0.2, 0.25) is 5.91 Å². The van der Waals surface area contributed by atoms with Crippen LogP contribution in [0, 0.1) is 0 Å². The van der Waals surface area contributed by atoms with E-state index in [9.17, 15) is 4.79 Å². The van der Waals surface area contributed by atoms with Crippen LogP contribution in [0.5, 0.6) is 10.9 Å². The first kappa shape index (κ1) is 17.5. The highest BCUT2D eigenvalue weighted by Gasteiger charge is 2.03. The number of hydrogen-bond donors (Lipinski definition) is 1. The fourth-order valence-corrected chi connectivity index (χ4v) is 3.48. The van der Waals surface area contributed by atoms with Gasteiger partial charge in [-0.1, -0.05) is 41.7 Å². The van der Waals surface area contributed by atoms with Crippen molar-refractivity contribution in [3.8, 4) is 10.9 Å². The summed E-state index contributed by atoms with van der Waals surface area (Å²) in [7, 11) is 0. The molecule has 0 saturated heterocycles. The van der Waals surface area contributed by atoms with Crippen molar-refractivity contribution in [2.45, 2.75) is 17.9 Å². The van der Waals surface area contributed by atoms with Gasteiger partial charge in [-0.2, -0.15) is 0 Å². The maximum absolute atomic E-state index is 11.9. The second-order valence-electron chi connectivity index (χ2n) is 5.23. The number of thioether (sulfide) groups is 1. The second kappa shape index (κ2) is 9.25. The van der Waals surface area contributed by atoms with Crippen LogP contribution >= 0.6 is 23.1 Å². The lowest BCUT2D eigenvalue weighted by molar-refractivity contribution is -0.120. The monoisotopic (exact) mass is 370 g/mol. The summed E-state index contributed by atoms with van der Waals surface area (Å²) in [5, 5.41) is 5.44. The van der Waals surface area contributed by atoms with Crippen molar-refractivity contribution in [2.75, 3.05) is 5.75 Å². The zero-order valence-electron chi connectivity index (χ0n) is 13.6. The van der Waals surface area contributed by atoms with Crippen molar-refractivity contribution in [3.63, 3.8) is 0 Å². The lowest BCUT2D eigenvalue weighted by Gasteiger charge is -2.07. The molecular weight excluding hydrogens is 352 g/mol. The van der Waals surface area contributed by atoms with Crippen LogP contribution in [0.2, 0.25) is 0 Å². The molecule has 25 heavy (non-hydrogen) atoms. The normalized spacial score (nSPS) is 10.4. The van der Waals surface area contributed by atoms with E-state index >= 15 is 0 Å². The first-order chi connectivity index (χ1) is 12.3. The highest BCUT2D eigenvalue weighted by atomic mass is 32.2. The summed E-state index contributed by atoms with van der Waals surface area (Å²) in [6.45, 7) is 0.520. The van der Waals surface area contributed by atoms with Crippen molar-refractivity contribution >= 4 is 29.0 Å². The third kappa shape index (κ3) is 5.92. The molecule has 128 valence electrons. The second-order valence-corrected chi connectivity index (χ2v) is 7.26. The number of carbonyl (C=O) groups is 1. The number of carbonyl (C=O) groups excluding carboxylic acids is 1. The van der Waals surface area contributed by atoms with E-state index in [1.807, 2.05) is 47.8 Å². The minimum atomic E-state index is 0.0616. The Balaban J connectivity index is 1.38. The van der Waals surface area contributed by atoms with Gasteiger partial charge in [-0.05, 0) is 29.8 Å². The van der Waals surface area contributed by atoms with Gasteiger partial charge in [0, 0.05) is 35.2 Å². The summed E-state index contributed by atoms with van der Waals surface area (Å²) < 4.78 is 5.61. The number of thiazole rings is 1. The number of rotatable bonds is 8. The molecule has 0 spiro atoms. The summed E-state index contributed by atoms with van der Waals surface area (Å²) in [5.41, 5.74) is 1.04. The molecule has 1 amide bonds. The lowest BCUT2D eigenvalue weighted by Crippen LogP contribution is -2.22. The topological polar surface area (TPSA) is 51.2 Å². The lowest BCUT2D eigenvalue weighted by atomic mass is 10.2. The Morgan fingerprint density at radius 2 is 1.92 bits per heavy atom. The molecule has 1 N–H and O–H groups in total. The molecule has 3 aromatic rings. The highest BCUT2D eigenvalue weighted by molar-refractivity contribution is 7.99. The summed E-state index contributed by atoms with van der Waals surface area (Å²) in [6, 6.07) is 17.8. The number of aromatic nitrogens is 1. The predicted molar refractivity (Wildman–Crippen MR) is 102 cm³/mol. The minimum Gasteiger partial charge on any atom is -0.431 e. The van der Waals surface area contributed by atoms with E-state index < -0.39 is 0 Å². The van der Waals surface area contributed by atoms with Gasteiger partial charge < -0.3 is 10.1 Å². The molecule has 1 aromatic heterocycles. The van der Waals surface area contributed by atoms with Gasteiger partial charge >= 0.3 is 0 Å². The Morgan fingerprint density at radius 3 is 2.64 bits per heavy atom. The van der Waals surface area contributed by atoms with E-state index in [4.69, 9.17) is 4.74 Å². The molecule has 0 bridgehead atoms. The standard InChI is InChI=1S/C19H18N2O2S2/c22-18(10-12-24-17-4-2-1-3-5-17)21-14-15-6-8-16(9-7-15)23-19-20-11-13-25-19/h1-9,11,13H,10,12,14H2,(H,21,22). The SMILES string of the molecule is O=C(CCSc1ccccc1)NCc1ccc(Oc2nccs2)cc1. The quantitative estimate of drug-likeness (QED) is 0.582. The summed E-state index contributed by atoms with van der Waals surface area (Å²) >= 11 is 3.14. The largest absolute Gasteiger partial charge is 0.431 e. The molecule has 0 aliphatic carbocycles. The molecule has 0 atom stereocenters. The molecule has 2 aromatic carbocycles. The minimum absolute atomic E-state index is 0.0616. The molecule has 1 heterocycles. The van der Waals surface area contributed by atoms with Gasteiger partial charge in [-0.25, -0.2) is 4.98 Å². The smallest absolute Gasteiger partial charge is 0.278 e. The van der Waals surface area contributed by atoms with E-state index in [1.165, 1.54) is 16.2 Å². The number of nitrogens with one attached hydrogen (secondary N) is 1. The van der Waals surface area contributed by atoms with Gasteiger partial charge in [0.05, 0.1) is 0 Å². The first-order valence-corrected chi connectivity index (χ1v) is 9.77. The number of nitrogens with zero attached hydrogens (tertiary/aromatic N) is 1. The molecule has 0 radical (unpaired) electrons. The van der Waals surface area contributed by atoms with E-state index in [-0.39, 0.29) is 5.91 Å². The van der Waals surface area contributed by atoms with Gasteiger partial charge in [-0.3, -0.25) is 4.79 Å². The Labute approximate surface area is 155 Å². The maximum atomic E-state index is 11.9. The Hall–Kier alpha value is -2.31. The van der Waals surface area contributed by atoms with Gasteiger partial charge in [0.15, 0.2) is 0 Å². The van der Waals surface area contributed by atoms with Crippen LogP contribution in [0.4, 0.5) is 0 Å². The molecular formula is C19H18N2O2S2. The van der Waals surface area contributed by atoms with Crippen LogP contribution in [-0.2, 0) is 11.3 Å². The van der Waals surface area contributed by atoms with Crippen LogP contribution in [-0.4, -0.2) is 16.6 Å². The van der Waals surface area contributed by atoms with Crippen molar-refractivity contribution in [3.05, 3.63) is 71.7 Å². The Morgan fingerprint density at radius 1 is 1.12 bits per heavy atom. The van der Waals surface area contributed by atoms with Crippen LogP contribution in [0.3, 0.4) is 0 Å². The van der Waals surface area contributed by atoms with Gasteiger partial charge in [-0.15, -0.1) is 11.8 Å². The summed E-state index contributed by atoms with van der Waals surface area (Å²) in [5.74, 6) is 1.58. The zero-order valence-corrected chi connectivity index (χ0v) is 15.2. The molecule has 4 nitrogen and oxygen atoms in total. The van der Waals surface area contributed by atoms with Crippen LogP contribution in [0.15, 0.2) is 71.1 Å². The number of amides is 1. The Bertz CT molecular complexity index is 775. The van der Waals surface area contributed by atoms with Crippen molar-refractivity contribution in [1.29, 1.82) is 0 Å². The fraction of sp³-hybridized carbons (Fsp3) is 0.158. The van der Waals surface area contributed by atoms with E-state index in [1.54, 1.807) is 18.0 Å². The number of benzene rings is 2. The molecule has 0 unspecified atom stereocenters. The third-order valence-corrected chi connectivity index (χ3v) is 5.03. The van der Waals surface area contributed by atoms with E-state index in [0.29, 0.717) is 18.2 Å². The predicted octanol–water partition coefficient (Wildman–Crippen LogP) is 4.73. The summed E-state index contributed by atoms with van der Waals surface area (Å²) in [4.78, 5) is 17.2. The third-order valence-electron chi connectivity index (χ3n) is 3.37. The molecule has 3 rings (SSSR count). The Kier molecular flexibility index (Phi) is 6.48. The molecule has 0 aliphatic rings. The average molecular weight is 370 g/mol. The van der Waals surface area contributed by atoms with Gasteiger partial charge in [0.25, 0.3) is 5.19 Å². The van der Waals surface area contributed by atoms with Gasteiger partial charge in [0.1, 0.15) is 5.75 Å². The van der Waals surface area contributed by atoms with E-state index in [2.05, 4.69) is 22.4 Å². The molecule has 0 fully saturated rings. The number of hydrogen-bond acceptors (Lipinski definition) is 5. The first-order valence-electron chi connectivity index (χ1n) is 7.90. The zero-order chi connectivity index (χ0) is 17.3. The maximum Gasteiger partial charge on any atom is 0.278 e. The molecule has 0 aliphatic heterocycles. The highest BCUT2D eigenvalue weighted by Crippen LogP contribution is 2.23. The van der Waals surface area contributed by atoms with Crippen LogP contribution in [0.1, 0.15) is 12.0 Å². The van der Waals surface area contributed by atoms with Crippen molar-refractivity contribution in [1.82, 2.24) is 10.3 Å². The van der Waals surface area contributed by atoms with Crippen molar-refractivity contribution in [2.24, 2.45) is 0 Å². The average Bonchev–Trinajstić information content (AvgIpc) is 3.15. The van der Waals surface area contributed by atoms with Crippen molar-refractivity contribution < 1.29 is 9.53 Å². The summed E-state index contributed by atoms with van der Waals surface area (Å²) in [6.07, 6.45) is 2.21. The fourth-order valence-electron chi connectivity index (χ4n) is 2.10. The number of ether oxygens (including phenoxy) is 1. The molecule has 6 heteroatoms. The van der Waals surface area contributed by atoms with Crippen LogP contribution < -0.4 is 10.1 Å². The van der Waals surface area contributed by atoms with E-state index in [0.717, 1.165) is 17.1 Å². The molecule has 0 saturated carbocycles. The van der Waals surface area contributed by atoms with Crippen LogP contribution in [0.25, 0.3) is 0 Å².